The molecule has 2 N–H and O–H groups in total. The van der Waals surface area contributed by atoms with Gasteiger partial charge in [0.15, 0.2) is 0 Å². The van der Waals surface area contributed by atoms with Crippen molar-refractivity contribution in [1.29, 1.82) is 0 Å². The van der Waals surface area contributed by atoms with Crippen LogP contribution in [0.3, 0.4) is 0 Å². The first-order valence-electron chi connectivity index (χ1n) is 3.60. The van der Waals surface area contributed by atoms with Crippen LogP contribution >= 0.6 is 0 Å². The highest BCUT2D eigenvalue weighted by molar-refractivity contribution is 5.33. The Morgan fingerprint density at radius 1 is 1.67 bits per heavy atom. The number of hydrogen-bond acceptors (Lipinski definition) is 2. The normalized spacial score (nSPS) is 8.75. The van der Waals surface area contributed by atoms with Crippen LogP contribution in [0.5, 0.6) is 0 Å². The lowest BCUT2D eigenvalue weighted by Crippen LogP contribution is -2.21. The largest absolute Gasteiger partial charge is 0.394 e. The van der Waals surface area contributed by atoms with Crippen molar-refractivity contribution >= 4 is 5.69 Å². The van der Waals surface area contributed by atoms with Crippen LogP contribution in [0.15, 0.2) is 23.1 Å². The molecule has 12 heavy (non-hydrogen) atoms. The lowest BCUT2D eigenvalue weighted by Gasteiger charge is -1.99. The minimum atomic E-state index is -0.180. The molecular weight excluding hydrogens is 152 g/mol. The summed E-state index contributed by atoms with van der Waals surface area (Å²) in [6.07, 6.45) is 1.67. The quantitative estimate of drug-likeness (QED) is 0.609. The first kappa shape index (κ1) is 8.41. The second-order valence-electron chi connectivity index (χ2n) is 2.32. The molecule has 3 heteroatoms. The second kappa shape index (κ2) is 3.63. The molecule has 0 amide bonds. The molecule has 0 atom stereocenters. The van der Waals surface area contributed by atoms with E-state index in [4.69, 9.17) is 5.73 Å². The van der Waals surface area contributed by atoms with Gasteiger partial charge in [-0.2, -0.15) is 0 Å². The Hall–Kier alpha value is -1.69. The van der Waals surface area contributed by atoms with E-state index in [0.717, 1.165) is 0 Å². The second-order valence-corrected chi connectivity index (χ2v) is 2.32. The summed E-state index contributed by atoms with van der Waals surface area (Å²) in [6.45, 7) is 2.14. The summed E-state index contributed by atoms with van der Waals surface area (Å²) in [4.78, 5) is 11.2. The zero-order valence-electron chi connectivity index (χ0n) is 6.87. The molecule has 0 radical (unpaired) electrons. The van der Waals surface area contributed by atoms with Crippen LogP contribution in [0.4, 0.5) is 5.69 Å². The summed E-state index contributed by atoms with van der Waals surface area (Å²) in [5, 5.41) is 0. The van der Waals surface area contributed by atoms with E-state index in [-0.39, 0.29) is 11.2 Å². The van der Waals surface area contributed by atoms with E-state index in [9.17, 15) is 4.79 Å². The Morgan fingerprint density at radius 2 is 2.42 bits per heavy atom. The fourth-order valence-corrected chi connectivity index (χ4v) is 0.844. The van der Waals surface area contributed by atoms with Gasteiger partial charge < -0.3 is 10.3 Å². The number of nitrogens with two attached hydrogens (primary N) is 1. The highest BCUT2D eigenvalue weighted by atomic mass is 16.1. The fraction of sp³-hybridized carbons (Fsp3) is 0.222. The number of anilines is 1. The molecule has 1 aromatic rings. The first-order chi connectivity index (χ1) is 5.75. The van der Waals surface area contributed by atoms with Gasteiger partial charge >= 0.3 is 0 Å². The minimum Gasteiger partial charge on any atom is -0.394 e. The predicted molar refractivity (Wildman–Crippen MR) is 48.6 cm³/mol. The molecule has 3 nitrogen and oxygen atoms in total. The van der Waals surface area contributed by atoms with Crippen molar-refractivity contribution in [1.82, 2.24) is 4.57 Å². The minimum absolute atomic E-state index is 0.180. The Balaban J connectivity index is 3.06. The van der Waals surface area contributed by atoms with Gasteiger partial charge in [0.25, 0.3) is 5.56 Å². The molecule has 0 unspecified atom stereocenters. The molecular formula is C9H10N2O. The highest BCUT2D eigenvalue weighted by Crippen LogP contribution is 1.90. The molecule has 1 aromatic heterocycles. The average Bonchev–Trinajstić information content (AvgIpc) is 2.08. The van der Waals surface area contributed by atoms with Crippen molar-refractivity contribution < 1.29 is 0 Å². The standard InChI is InChI=1S/C9H10N2O/c1-2-3-6-11-7-4-5-8(10)9(11)12/h4-5,7H,6,10H2,1H3. The molecule has 0 aliphatic heterocycles. The number of pyridine rings is 1. The third kappa shape index (κ3) is 1.67. The van der Waals surface area contributed by atoms with Crippen LogP contribution in [0.2, 0.25) is 0 Å². The van der Waals surface area contributed by atoms with Crippen LogP contribution in [0.25, 0.3) is 0 Å². The summed E-state index contributed by atoms with van der Waals surface area (Å²) in [7, 11) is 0. The average molecular weight is 162 g/mol. The van der Waals surface area contributed by atoms with Crippen molar-refractivity contribution in [3.8, 4) is 11.8 Å². The summed E-state index contributed by atoms with van der Waals surface area (Å²) >= 11 is 0. The van der Waals surface area contributed by atoms with Crippen LogP contribution in [-0.2, 0) is 6.54 Å². The number of nitrogens with zero attached hydrogens (tertiary/aromatic N) is 1. The molecule has 0 saturated carbocycles. The van der Waals surface area contributed by atoms with E-state index in [2.05, 4.69) is 11.8 Å². The summed E-state index contributed by atoms with van der Waals surface area (Å²) in [5.41, 5.74) is 5.49. The van der Waals surface area contributed by atoms with E-state index in [1.165, 1.54) is 4.57 Å². The maximum Gasteiger partial charge on any atom is 0.274 e. The molecule has 1 heterocycles. The fourth-order valence-electron chi connectivity index (χ4n) is 0.844. The Labute approximate surface area is 70.8 Å². The Morgan fingerprint density at radius 3 is 3.08 bits per heavy atom. The van der Waals surface area contributed by atoms with Gasteiger partial charge in [-0.15, -0.1) is 5.92 Å². The van der Waals surface area contributed by atoms with Gasteiger partial charge in [0.2, 0.25) is 0 Å². The zero-order chi connectivity index (χ0) is 8.97. The topological polar surface area (TPSA) is 48.0 Å². The van der Waals surface area contributed by atoms with Gasteiger partial charge in [-0.3, -0.25) is 4.79 Å². The van der Waals surface area contributed by atoms with Gasteiger partial charge in [-0.05, 0) is 19.1 Å². The SMILES string of the molecule is CC#CCn1cccc(N)c1=O. The van der Waals surface area contributed by atoms with Crippen molar-refractivity contribution in [3.63, 3.8) is 0 Å². The van der Waals surface area contributed by atoms with Gasteiger partial charge in [0, 0.05) is 6.20 Å². The molecule has 1 rings (SSSR count). The maximum atomic E-state index is 11.2. The van der Waals surface area contributed by atoms with Crippen molar-refractivity contribution in [2.24, 2.45) is 0 Å². The lowest BCUT2D eigenvalue weighted by atomic mass is 10.4. The number of rotatable bonds is 1. The van der Waals surface area contributed by atoms with Crippen LogP contribution in [-0.4, -0.2) is 4.57 Å². The van der Waals surface area contributed by atoms with E-state index < -0.39 is 0 Å². The smallest absolute Gasteiger partial charge is 0.274 e. The van der Waals surface area contributed by atoms with Crippen molar-refractivity contribution in [2.45, 2.75) is 13.5 Å². The molecule has 0 bridgehead atoms. The first-order valence-corrected chi connectivity index (χ1v) is 3.60. The van der Waals surface area contributed by atoms with Gasteiger partial charge in [-0.25, -0.2) is 0 Å². The number of aromatic nitrogens is 1. The van der Waals surface area contributed by atoms with E-state index in [0.29, 0.717) is 6.54 Å². The number of hydrogen-bond donors (Lipinski definition) is 1. The van der Waals surface area contributed by atoms with E-state index >= 15 is 0 Å². The molecule has 62 valence electrons. The maximum absolute atomic E-state index is 11.2. The van der Waals surface area contributed by atoms with E-state index in [1.807, 2.05) is 0 Å². The summed E-state index contributed by atoms with van der Waals surface area (Å²) in [5.74, 6) is 5.50. The summed E-state index contributed by atoms with van der Waals surface area (Å²) in [6, 6.07) is 3.31. The monoisotopic (exact) mass is 162 g/mol. The van der Waals surface area contributed by atoms with Gasteiger partial charge in [0.1, 0.15) is 0 Å². The van der Waals surface area contributed by atoms with Crippen LogP contribution in [0, 0.1) is 11.8 Å². The number of nitrogen functional groups attached to an aromatic ring is 1. The Kier molecular flexibility index (Phi) is 2.54. The van der Waals surface area contributed by atoms with Crippen LogP contribution in [0.1, 0.15) is 6.92 Å². The predicted octanol–water partition coefficient (Wildman–Crippen LogP) is 0.454. The third-order valence-electron chi connectivity index (χ3n) is 1.48. The lowest BCUT2D eigenvalue weighted by molar-refractivity contribution is 0.799. The summed E-state index contributed by atoms with van der Waals surface area (Å²) < 4.78 is 1.48. The van der Waals surface area contributed by atoms with Crippen molar-refractivity contribution in [3.05, 3.63) is 28.7 Å². The van der Waals surface area contributed by atoms with Crippen LogP contribution < -0.4 is 11.3 Å². The zero-order valence-corrected chi connectivity index (χ0v) is 6.87. The van der Waals surface area contributed by atoms with Gasteiger partial charge in [-0.1, -0.05) is 5.92 Å². The van der Waals surface area contributed by atoms with Gasteiger partial charge in [0.05, 0.1) is 12.2 Å². The molecule has 0 fully saturated rings. The molecule has 0 spiro atoms. The molecule has 0 aliphatic rings. The molecule has 0 saturated heterocycles. The highest BCUT2D eigenvalue weighted by Gasteiger charge is 1.95. The van der Waals surface area contributed by atoms with Crippen molar-refractivity contribution in [2.75, 3.05) is 5.73 Å². The Bertz CT molecular complexity index is 381. The third-order valence-corrected chi connectivity index (χ3v) is 1.48. The molecule has 0 aliphatic carbocycles. The molecule has 0 aromatic carbocycles. The van der Waals surface area contributed by atoms with E-state index in [1.54, 1.807) is 25.3 Å².